The summed E-state index contributed by atoms with van der Waals surface area (Å²) in [4.78, 5) is 28.8. The van der Waals surface area contributed by atoms with Crippen molar-refractivity contribution >= 4 is 11.8 Å². The van der Waals surface area contributed by atoms with Crippen molar-refractivity contribution in [2.45, 2.75) is 45.2 Å². The molecule has 1 aromatic carbocycles. The largest absolute Gasteiger partial charge is 0.348 e. The van der Waals surface area contributed by atoms with E-state index in [4.69, 9.17) is 0 Å². The van der Waals surface area contributed by atoms with Gasteiger partial charge in [0.2, 0.25) is 0 Å². The highest BCUT2D eigenvalue weighted by Crippen LogP contribution is 2.18. The van der Waals surface area contributed by atoms with E-state index in [1.807, 2.05) is 31.2 Å². The summed E-state index contributed by atoms with van der Waals surface area (Å²) in [5, 5.41) is 5.89. The Morgan fingerprint density at radius 3 is 2.64 bits per heavy atom. The molecule has 0 saturated heterocycles. The molecule has 1 aromatic heterocycles. The van der Waals surface area contributed by atoms with E-state index >= 15 is 0 Å². The van der Waals surface area contributed by atoms with Gasteiger partial charge in [-0.15, -0.1) is 0 Å². The lowest BCUT2D eigenvalue weighted by Crippen LogP contribution is -2.33. The number of nitrogens with zero attached hydrogens (tertiary/aromatic N) is 1. The summed E-state index contributed by atoms with van der Waals surface area (Å²) in [5.74, 6) is -0.416. The Kier molecular flexibility index (Phi) is 5.43. The predicted octanol–water partition coefficient (Wildman–Crippen LogP) is 2.99. The molecule has 1 aliphatic carbocycles. The first-order valence-electron chi connectivity index (χ1n) is 8.73. The molecule has 1 saturated carbocycles. The van der Waals surface area contributed by atoms with Crippen LogP contribution >= 0.6 is 0 Å². The second-order valence-electron chi connectivity index (χ2n) is 6.49. The van der Waals surface area contributed by atoms with Crippen LogP contribution in [0.25, 0.3) is 0 Å². The molecule has 0 unspecified atom stereocenters. The number of hydrogen-bond acceptors (Lipinski definition) is 3. The fourth-order valence-electron chi connectivity index (χ4n) is 3.11. The topological polar surface area (TPSA) is 71.1 Å². The first-order chi connectivity index (χ1) is 12.1. The highest BCUT2D eigenvalue weighted by atomic mass is 16.2. The molecule has 0 bridgehead atoms. The lowest BCUT2D eigenvalue weighted by molar-refractivity contribution is 0.0933. The van der Waals surface area contributed by atoms with E-state index in [1.54, 1.807) is 12.1 Å². The zero-order valence-corrected chi connectivity index (χ0v) is 14.4. The van der Waals surface area contributed by atoms with Gasteiger partial charge in [-0.2, -0.15) is 0 Å². The van der Waals surface area contributed by atoms with Crippen LogP contribution < -0.4 is 10.6 Å². The third-order valence-corrected chi connectivity index (χ3v) is 4.65. The van der Waals surface area contributed by atoms with Crippen LogP contribution in [-0.2, 0) is 6.54 Å². The number of hydrogen-bond donors (Lipinski definition) is 2. The Labute approximate surface area is 147 Å². The second-order valence-corrected chi connectivity index (χ2v) is 6.49. The van der Waals surface area contributed by atoms with Gasteiger partial charge in [-0.25, -0.2) is 0 Å². The summed E-state index contributed by atoms with van der Waals surface area (Å²) in [6, 6.07) is 11.3. The van der Waals surface area contributed by atoms with Crippen LogP contribution in [-0.4, -0.2) is 22.8 Å². The Balaban J connectivity index is 1.63. The summed E-state index contributed by atoms with van der Waals surface area (Å²) in [7, 11) is 0. The van der Waals surface area contributed by atoms with E-state index < -0.39 is 0 Å². The van der Waals surface area contributed by atoms with Gasteiger partial charge in [0.1, 0.15) is 5.69 Å². The van der Waals surface area contributed by atoms with Gasteiger partial charge in [-0.1, -0.05) is 37.1 Å². The number of carbonyl (C=O) groups is 2. The molecule has 1 aliphatic rings. The van der Waals surface area contributed by atoms with E-state index in [2.05, 4.69) is 15.6 Å². The highest BCUT2D eigenvalue weighted by Gasteiger charge is 2.19. The molecule has 1 heterocycles. The number of nitrogens with one attached hydrogen (secondary N) is 2. The van der Waals surface area contributed by atoms with E-state index in [-0.39, 0.29) is 23.6 Å². The number of rotatable bonds is 5. The van der Waals surface area contributed by atoms with Crippen molar-refractivity contribution in [2.24, 2.45) is 0 Å². The third kappa shape index (κ3) is 4.44. The molecule has 2 amide bonds. The van der Waals surface area contributed by atoms with Crippen molar-refractivity contribution in [3.8, 4) is 0 Å². The third-order valence-electron chi connectivity index (χ3n) is 4.65. The first-order valence-corrected chi connectivity index (χ1v) is 8.73. The minimum Gasteiger partial charge on any atom is -0.348 e. The summed E-state index contributed by atoms with van der Waals surface area (Å²) < 4.78 is 0. The highest BCUT2D eigenvalue weighted by molar-refractivity contribution is 5.98. The molecular weight excluding hydrogens is 314 g/mol. The standard InChI is InChI=1S/C20H23N3O2/c1-14-6-2-3-7-16(14)13-22-19(24)15-10-11-21-18(12-15)20(25)23-17-8-4-5-9-17/h2-3,6-7,10-12,17H,4-5,8-9,13H2,1H3,(H,22,24)(H,23,25). The van der Waals surface area contributed by atoms with Crippen LogP contribution in [0.15, 0.2) is 42.6 Å². The lowest BCUT2D eigenvalue weighted by atomic mass is 10.1. The summed E-state index contributed by atoms with van der Waals surface area (Å²) in [6.45, 7) is 2.47. The van der Waals surface area contributed by atoms with Crippen LogP contribution in [0.5, 0.6) is 0 Å². The molecule has 0 atom stereocenters. The molecule has 3 rings (SSSR count). The molecule has 5 heteroatoms. The zero-order valence-electron chi connectivity index (χ0n) is 14.4. The SMILES string of the molecule is Cc1ccccc1CNC(=O)c1ccnc(C(=O)NC2CCCC2)c1. The van der Waals surface area contributed by atoms with E-state index in [0.29, 0.717) is 12.1 Å². The average molecular weight is 337 g/mol. The fraction of sp³-hybridized carbons (Fsp3) is 0.350. The smallest absolute Gasteiger partial charge is 0.270 e. The van der Waals surface area contributed by atoms with Crippen molar-refractivity contribution in [3.05, 3.63) is 65.0 Å². The van der Waals surface area contributed by atoms with Crippen molar-refractivity contribution in [1.29, 1.82) is 0 Å². The number of benzene rings is 1. The first kappa shape index (κ1) is 17.1. The van der Waals surface area contributed by atoms with E-state index in [9.17, 15) is 9.59 Å². The van der Waals surface area contributed by atoms with Gasteiger partial charge in [0.25, 0.3) is 11.8 Å². The number of aromatic nitrogens is 1. The van der Waals surface area contributed by atoms with Gasteiger partial charge in [0.15, 0.2) is 0 Å². The van der Waals surface area contributed by atoms with Gasteiger partial charge >= 0.3 is 0 Å². The normalized spacial score (nSPS) is 14.3. The number of carbonyl (C=O) groups excluding carboxylic acids is 2. The van der Waals surface area contributed by atoms with Crippen molar-refractivity contribution < 1.29 is 9.59 Å². The Bertz CT molecular complexity index is 767. The predicted molar refractivity (Wildman–Crippen MR) is 96.3 cm³/mol. The molecule has 0 radical (unpaired) electrons. The van der Waals surface area contributed by atoms with Crippen molar-refractivity contribution in [3.63, 3.8) is 0 Å². The Morgan fingerprint density at radius 1 is 1.12 bits per heavy atom. The monoisotopic (exact) mass is 337 g/mol. The van der Waals surface area contributed by atoms with E-state index in [0.717, 1.165) is 36.8 Å². The minimum absolute atomic E-state index is 0.208. The lowest BCUT2D eigenvalue weighted by Gasteiger charge is -2.12. The van der Waals surface area contributed by atoms with Crippen molar-refractivity contribution in [1.82, 2.24) is 15.6 Å². The second kappa shape index (κ2) is 7.92. The molecule has 5 nitrogen and oxygen atoms in total. The fourth-order valence-corrected chi connectivity index (χ4v) is 3.11. The van der Waals surface area contributed by atoms with Gasteiger partial charge in [0, 0.05) is 24.3 Å². The quantitative estimate of drug-likeness (QED) is 0.881. The van der Waals surface area contributed by atoms with Gasteiger partial charge in [0.05, 0.1) is 0 Å². The van der Waals surface area contributed by atoms with Gasteiger partial charge in [-0.3, -0.25) is 14.6 Å². The molecule has 1 fully saturated rings. The van der Waals surface area contributed by atoms with Gasteiger partial charge < -0.3 is 10.6 Å². The van der Waals surface area contributed by atoms with Crippen molar-refractivity contribution in [2.75, 3.05) is 0 Å². The maximum Gasteiger partial charge on any atom is 0.270 e. The van der Waals surface area contributed by atoms with Crippen LogP contribution in [0, 0.1) is 6.92 Å². The van der Waals surface area contributed by atoms with E-state index in [1.165, 1.54) is 6.20 Å². The van der Waals surface area contributed by atoms with Crippen LogP contribution in [0.3, 0.4) is 0 Å². The number of amides is 2. The molecule has 25 heavy (non-hydrogen) atoms. The van der Waals surface area contributed by atoms with Crippen LogP contribution in [0.4, 0.5) is 0 Å². The minimum atomic E-state index is -0.208. The van der Waals surface area contributed by atoms with Crippen LogP contribution in [0.2, 0.25) is 0 Å². The Hall–Kier alpha value is -2.69. The zero-order chi connectivity index (χ0) is 17.6. The van der Waals surface area contributed by atoms with Gasteiger partial charge in [-0.05, 0) is 43.0 Å². The average Bonchev–Trinajstić information content (AvgIpc) is 3.14. The Morgan fingerprint density at radius 2 is 1.88 bits per heavy atom. The summed E-state index contributed by atoms with van der Waals surface area (Å²) in [6.07, 6.45) is 5.84. The maximum absolute atomic E-state index is 12.4. The van der Waals surface area contributed by atoms with Crippen LogP contribution in [0.1, 0.15) is 57.7 Å². The number of aryl methyl sites for hydroxylation is 1. The molecular formula is C20H23N3O2. The molecule has 2 N–H and O–H groups in total. The molecule has 0 aliphatic heterocycles. The number of pyridine rings is 1. The summed E-state index contributed by atoms with van der Waals surface area (Å²) >= 11 is 0. The molecule has 130 valence electrons. The summed E-state index contributed by atoms with van der Waals surface area (Å²) in [5.41, 5.74) is 2.94. The molecule has 0 spiro atoms. The maximum atomic E-state index is 12.4. The molecule has 2 aromatic rings.